The number of halogens is 1. The van der Waals surface area contributed by atoms with E-state index in [4.69, 9.17) is 4.74 Å². The molecule has 0 N–H and O–H groups in total. The molecule has 0 saturated heterocycles. The Morgan fingerprint density at radius 3 is 2.47 bits per heavy atom. The van der Waals surface area contributed by atoms with Crippen molar-refractivity contribution in [3.8, 4) is 11.5 Å². The number of hydrogen-bond acceptors (Lipinski definition) is 2. The number of ether oxygens (including phenoxy) is 1. The minimum atomic E-state index is 0.810. The van der Waals surface area contributed by atoms with Crippen molar-refractivity contribution in [2.75, 3.05) is 0 Å². The van der Waals surface area contributed by atoms with Gasteiger partial charge in [0.25, 0.3) is 0 Å². The highest BCUT2D eigenvalue weighted by Crippen LogP contribution is 2.28. The largest absolute Gasteiger partial charge is 0.457 e. The monoisotopic (exact) mass is 313 g/mol. The Bertz CT molecular complexity index is 722. The van der Waals surface area contributed by atoms with Gasteiger partial charge in [-0.1, -0.05) is 33.6 Å². The highest BCUT2D eigenvalue weighted by molar-refractivity contribution is 9.10. The van der Waals surface area contributed by atoms with Crippen LogP contribution in [0, 0.1) is 6.92 Å². The molecule has 2 aromatic carbocycles. The third kappa shape index (κ3) is 2.61. The van der Waals surface area contributed by atoms with Gasteiger partial charge in [0.1, 0.15) is 11.5 Å². The van der Waals surface area contributed by atoms with Crippen molar-refractivity contribution in [3.05, 3.63) is 64.8 Å². The fourth-order valence-electron chi connectivity index (χ4n) is 1.90. The van der Waals surface area contributed by atoms with Crippen LogP contribution in [0.2, 0.25) is 0 Å². The van der Waals surface area contributed by atoms with Crippen LogP contribution in [-0.2, 0) is 0 Å². The van der Waals surface area contributed by atoms with E-state index in [2.05, 4.69) is 27.8 Å². The quantitative estimate of drug-likeness (QED) is 0.656. The third-order valence-electron chi connectivity index (χ3n) is 2.92. The molecule has 0 aliphatic carbocycles. The summed E-state index contributed by atoms with van der Waals surface area (Å²) in [5.74, 6) is 1.65. The second-order valence-corrected chi connectivity index (χ2v) is 5.24. The number of rotatable bonds is 2. The molecule has 0 aliphatic rings. The number of pyridine rings is 1. The lowest BCUT2D eigenvalue weighted by Crippen LogP contribution is -1.86. The first-order chi connectivity index (χ1) is 9.22. The predicted octanol–water partition coefficient (Wildman–Crippen LogP) is 5.10. The minimum Gasteiger partial charge on any atom is -0.457 e. The van der Waals surface area contributed by atoms with Gasteiger partial charge in [0, 0.05) is 16.1 Å². The van der Waals surface area contributed by atoms with Crippen molar-refractivity contribution < 1.29 is 4.74 Å². The van der Waals surface area contributed by atoms with E-state index in [9.17, 15) is 0 Å². The maximum atomic E-state index is 5.85. The second-order valence-electron chi connectivity index (χ2n) is 4.39. The molecule has 1 aromatic heterocycles. The number of benzene rings is 2. The van der Waals surface area contributed by atoms with Gasteiger partial charge in [-0.2, -0.15) is 0 Å². The maximum Gasteiger partial charge on any atom is 0.128 e. The fourth-order valence-corrected chi connectivity index (χ4v) is 2.33. The van der Waals surface area contributed by atoms with Crippen molar-refractivity contribution in [2.24, 2.45) is 0 Å². The fraction of sp³-hybridized carbons (Fsp3) is 0.0625. The van der Waals surface area contributed by atoms with Crippen LogP contribution >= 0.6 is 15.9 Å². The zero-order valence-corrected chi connectivity index (χ0v) is 12.0. The molecule has 3 aromatic rings. The van der Waals surface area contributed by atoms with E-state index in [0.29, 0.717) is 0 Å². The van der Waals surface area contributed by atoms with Crippen LogP contribution in [0.3, 0.4) is 0 Å². The van der Waals surface area contributed by atoms with Crippen molar-refractivity contribution >= 4 is 26.8 Å². The number of aryl methyl sites for hydroxylation is 1. The summed E-state index contributed by atoms with van der Waals surface area (Å²) in [5.41, 5.74) is 2.17. The molecule has 0 unspecified atom stereocenters. The van der Waals surface area contributed by atoms with E-state index >= 15 is 0 Å². The summed E-state index contributed by atoms with van der Waals surface area (Å²) in [7, 11) is 0. The van der Waals surface area contributed by atoms with E-state index in [1.54, 1.807) is 6.20 Å². The van der Waals surface area contributed by atoms with Gasteiger partial charge in [-0.15, -0.1) is 0 Å². The molecule has 94 valence electrons. The molecule has 0 aliphatic heterocycles. The summed E-state index contributed by atoms with van der Waals surface area (Å²) < 4.78 is 6.87. The van der Waals surface area contributed by atoms with Gasteiger partial charge in [-0.05, 0) is 43.3 Å². The van der Waals surface area contributed by atoms with Gasteiger partial charge < -0.3 is 4.74 Å². The lowest BCUT2D eigenvalue weighted by Gasteiger charge is -2.07. The van der Waals surface area contributed by atoms with E-state index < -0.39 is 0 Å². The van der Waals surface area contributed by atoms with Crippen molar-refractivity contribution in [2.45, 2.75) is 6.92 Å². The maximum absolute atomic E-state index is 5.85. The van der Waals surface area contributed by atoms with Gasteiger partial charge in [0.05, 0.1) is 5.52 Å². The molecule has 0 amide bonds. The van der Waals surface area contributed by atoms with Crippen LogP contribution in [0.4, 0.5) is 0 Å². The normalized spacial score (nSPS) is 10.6. The zero-order valence-electron chi connectivity index (χ0n) is 10.4. The first-order valence-electron chi connectivity index (χ1n) is 6.01. The number of hydrogen-bond donors (Lipinski definition) is 0. The van der Waals surface area contributed by atoms with Crippen LogP contribution in [0.25, 0.3) is 10.9 Å². The molecule has 0 spiro atoms. The number of nitrogens with zero attached hydrogens (tertiary/aromatic N) is 1. The molecule has 0 radical (unpaired) electrons. The lowest BCUT2D eigenvalue weighted by atomic mass is 10.2. The van der Waals surface area contributed by atoms with Gasteiger partial charge in [0.15, 0.2) is 0 Å². The molecule has 0 saturated carbocycles. The summed E-state index contributed by atoms with van der Waals surface area (Å²) in [5, 5.41) is 1.05. The minimum absolute atomic E-state index is 0.810. The van der Waals surface area contributed by atoms with Crippen LogP contribution in [0.15, 0.2) is 59.2 Å². The molecule has 3 heteroatoms. The highest BCUT2D eigenvalue weighted by atomic mass is 79.9. The summed E-state index contributed by atoms with van der Waals surface area (Å²) >= 11 is 3.53. The topological polar surface area (TPSA) is 22.1 Å². The third-order valence-corrected chi connectivity index (χ3v) is 3.61. The Hall–Kier alpha value is -1.87. The first kappa shape index (κ1) is 12.2. The van der Waals surface area contributed by atoms with Crippen LogP contribution in [0.1, 0.15) is 5.56 Å². The SMILES string of the molecule is Cc1ccc(Oc2ccc3nccc(Br)c3c2)cc1. The average molecular weight is 314 g/mol. The molecule has 0 bridgehead atoms. The Balaban J connectivity index is 1.97. The molecule has 3 rings (SSSR count). The van der Waals surface area contributed by atoms with Gasteiger partial charge in [-0.25, -0.2) is 0 Å². The predicted molar refractivity (Wildman–Crippen MR) is 80.7 cm³/mol. The number of fused-ring (bicyclic) bond motifs is 1. The molecule has 19 heavy (non-hydrogen) atoms. The van der Waals surface area contributed by atoms with E-state index in [1.165, 1.54) is 5.56 Å². The Morgan fingerprint density at radius 1 is 0.947 bits per heavy atom. The summed E-state index contributed by atoms with van der Waals surface area (Å²) in [6.07, 6.45) is 1.78. The zero-order chi connectivity index (χ0) is 13.2. The van der Waals surface area contributed by atoms with E-state index in [-0.39, 0.29) is 0 Å². The van der Waals surface area contributed by atoms with Crippen molar-refractivity contribution in [3.63, 3.8) is 0 Å². The summed E-state index contributed by atoms with van der Waals surface area (Å²) in [6.45, 7) is 2.06. The van der Waals surface area contributed by atoms with Crippen molar-refractivity contribution in [1.82, 2.24) is 4.98 Å². The van der Waals surface area contributed by atoms with E-state index in [1.807, 2.05) is 48.5 Å². The van der Waals surface area contributed by atoms with Gasteiger partial charge in [0.2, 0.25) is 0 Å². The molecule has 2 nitrogen and oxygen atoms in total. The Kier molecular flexibility index (Phi) is 3.22. The Labute approximate surface area is 120 Å². The summed E-state index contributed by atoms with van der Waals surface area (Å²) in [4.78, 5) is 4.32. The molecular weight excluding hydrogens is 302 g/mol. The van der Waals surface area contributed by atoms with Crippen LogP contribution in [0.5, 0.6) is 11.5 Å². The average Bonchev–Trinajstić information content (AvgIpc) is 2.42. The first-order valence-corrected chi connectivity index (χ1v) is 6.80. The molecule has 1 heterocycles. The van der Waals surface area contributed by atoms with Crippen LogP contribution < -0.4 is 4.74 Å². The van der Waals surface area contributed by atoms with Crippen LogP contribution in [-0.4, -0.2) is 4.98 Å². The van der Waals surface area contributed by atoms with Crippen molar-refractivity contribution in [1.29, 1.82) is 0 Å². The smallest absolute Gasteiger partial charge is 0.128 e. The van der Waals surface area contributed by atoms with Gasteiger partial charge in [-0.3, -0.25) is 4.98 Å². The standard InChI is InChI=1S/C16H12BrNO/c1-11-2-4-12(5-3-11)19-13-6-7-16-14(10-13)15(17)8-9-18-16/h2-10H,1H3. The Morgan fingerprint density at radius 2 is 1.68 bits per heavy atom. The van der Waals surface area contributed by atoms with E-state index in [0.717, 1.165) is 26.9 Å². The molecule has 0 atom stereocenters. The second kappa shape index (κ2) is 5.02. The highest BCUT2D eigenvalue weighted by Gasteiger charge is 2.03. The van der Waals surface area contributed by atoms with Gasteiger partial charge >= 0.3 is 0 Å². The molecule has 0 fully saturated rings. The lowest BCUT2D eigenvalue weighted by molar-refractivity contribution is 0.483. The summed E-state index contributed by atoms with van der Waals surface area (Å²) in [6, 6.07) is 15.8. The molecular formula is C16H12BrNO. The number of aromatic nitrogens is 1.